The number of hydrogen-bond acceptors (Lipinski definition) is 1. The molecule has 1 rings (SSSR count). The average molecular weight is 264 g/mol. The normalized spacial score (nSPS) is 14.6. The molecule has 0 aliphatic rings. The molecule has 0 saturated heterocycles. The lowest BCUT2D eigenvalue weighted by Crippen LogP contribution is -2.22. The topological polar surface area (TPSA) is 17.1 Å². The van der Waals surface area contributed by atoms with Crippen molar-refractivity contribution in [3.63, 3.8) is 0 Å². The van der Waals surface area contributed by atoms with Crippen LogP contribution in [0.15, 0.2) is 30.3 Å². The van der Waals surface area contributed by atoms with Gasteiger partial charge in [-0.3, -0.25) is 0 Å². The minimum absolute atomic E-state index is 0.0720. The second-order valence-corrected chi connectivity index (χ2v) is 7.63. The van der Waals surface area contributed by atoms with Crippen LogP contribution in [-0.2, 0) is 4.57 Å². The zero-order valence-electron chi connectivity index (χ0n) is 9.87. The van der Waals surface area contributed by atoms with E-state index in [4.69, 9.17) is 0 Å². The Labute approximate surface area is 99.4 Å². The van der Waals surface area contributed by atoms with E-state index in [1.807, 2.05) is 0 Å². The van der Waals surface area contributed by atoms with Gasteiger partial charge in [0.1, 0.15) is 12.8 Å². The Morgan fingerprint density at radius 3 is 1.94 bits per heavy atom. The molecule has 0 amide bonds. The summed E-state index contributed by atoms with van der Waals surface area (Å²) in [5.74, 6) is 0. The number of alkyl halides is 3. The fourth-order valence-corrected chi connectivity index (χ4v) is 4.38. The Morgan fingerprint density at radius 2 is 1.59 bits per heavy atom. The molecule has 5 heteroatoms. The van der Waals surface area contributed by atoms with Crippen molar-refractivity contribution in [2.45, 2.75) is 25.7 Å². The molecule has 0 saturated carbocycles. The Bertz CT molecular complexity index is 392. The van der Waals surface area contributed by atoms with Crippen LogP contribution in [0.3, 0.4) is 0 Å². The monoisotopic (exact) mass is 264 g/mol. The highest BCUT2D eigenvalue weighted by Crippen LogP contribution is 2.64. The van der Waals surface area contributed by atoms with Crippen molar-refractivity contribution >= 4 is 7.14 Å². The quantitative estimate of drug-likeness (QED) is 0.721. The summed E-state index contributed by atoms with van der Waals surface area (Å²) < 4.78 is 51.7. The molecule has 0 aromatic heterocycles. The molecule has 1 aromatic carbocycles. The molecule has 0 radical (unpaired) electrons. The first-order chi connectivity index (χ1) is 7.85. The van der Waals surface area contributed by atoms with Gasteiger partial charge >= 0.3 is 6.18 Å². The van der Waals surface area contributed by atoms with Crippen LogP contribution in [-0.4, -0.2) is 18.5 Å². The van der Waals surface area contributed by atoms with Gasteiger partial charge in [-0.25, -0.2) is 0 Å². The lowest BCUT2D eigenvalue weighted by atomic mass is 10.1. The van der Waals surface area contributed by atoms with Crippen molar-refractivity contribution in [3.05, 3.63) is 35.9 Å². The van der Waals surface area contributed by atoms with Crippen LogP contribution in [0.4, 0.5) is 13.2 Å². The van der Waals surface area contributed by atoms with Gasteiger partial charge in [0.05, 0.1) is 0 Å². The molecule has 0 heterocycles. The van der Waals surface area contributed by atoms with E-state index in [-0.39, 0.29) is 17.9 Å². The fourth-order valence-electron chi connectivity index (χ4n) is 1.95. The van der Waals surface area contributed by atoms with Crippen LogP contribution < -0.4 is 0 Å². The van der Waals surface area contributed by atoms with E-state index < -0.39 is 19.0 Å². The maximum atomic E-state index is 13.1. The Morgan fingerprint density at radius 1 is 1.12 bits per heavy atom. The third kappa shape index (κ3) is 3.12. The Kier molecular flexibility index (Phi) is 4.42. The summed E-state index contributed by atoms with van der Waals surface area (Å²) in [6.07, 6.45) is -4.31. The number of halogens is 3. The van der Waals surface area contributed by atoms with Gasteiger partial charge in [0.2, 0.25) is 0 Å². The van der Waals surface area contributed by atoms with Gasteiger partial charge in [-0.1, -0.05) is 44.2 Å². The summed E-state index contributed by atoms with van der Waals surface area (Å²) in [6.45, 7) is 3.12. The molecule has 0 fully saturated rings. The number of rotatable bonds is 4. The third-order valence-corrected chi connectivity index (χ3v) is 6.64. The molecule has 1 unspecified atom stereocenters. The van der Waals surface area contributed by atoms with Gasteiger partial charge in [0, 0.05) is 0 Å². The molecular formula is C12H16F3OP. The summed E-state index contributed by atoms with van der Waals surface area (Å²) in [5.41, 5.74) is -1.72. The summed E-state index contributed by atoms with van der Waals surface area (Å²) in [4.78, 5) is 0. The van der Waals surface area contributed by atoms with E-state index in [0.29, 0.717) is 0 Å². The minimum atomic E-state index is -4.46. The molecule has 17 heavy (non-hydrogen) atoms. The Balaban J connectivity index is 3.28. The zero-order chi connectivity index (χ0) is 13.1. The van der Waals surface area contributed by atoms with Gasteiger partial charge in [0.15, 0.2) is 0 Å². The second-order valence-electron chi connectivity index (χ2n) is 3.94. The predicted molar refractivity (Wildman–Crippen MR) is 63.9 cm³/mol. The molecule has 0 bridgehead atoms. The van der Waals surface area contributed by atoms with Crippen molar-refractivity contribution in [1.29, 1.82) is 0 Å². The molecule has 0 spiro atoms. The SMILES string of the molecule is CCP(=O)(CC)C(c1ccccc1)C(F)(F)F. The largest absolute Gasteiger partial charge is 0.402 e. The van der Waals surface area contributed by atoms with Crippen molar-refractivity contribution in [3.8, 4) is 0 Å². The van der Waals surface area contributed by atoms with E-state index in [1.54, 1.807) is 32.0 Å². The molecule has 1 atom stereocenters. The van der Waals surface area contributed by atoms with E-state index in [1.165, 1.54) is 12.1 Å². The van der Waals surface area contributed by atoms with Crippen molar-refractivity contribution in [1.82, 2.24) is 0 Å². The number of benzene rings is 1. The highest BCUT2D eigenvalue weighted by atomic mass is 31.2. The average Bonchev–Trinajstić information content (AvgIpc) is 2.28. The van der Waals surface area contributed by atoms with Gasteiger partial charge in [-0.15, -0.1) is 0 Å². The van der Waals surface area contributed by atoms with Crippen LogP contribution in [0.1, 0.15) is 25.1 Å². The molecule has 0 aliphatic carbocycles. The van der Waals surface area contributed by atoms with Gasteiger partial charge in [-0.2, -0.15) is 13.2 Å². The zero-order valence-corrected chi connectivity index (χ0v) is 10.8. The van der Waals surface area contributed by atoms with Crippen LogP contribution in [0.5, 0.6) is 0 Å². The second kappa shape index (κ2) is 5.26. The lowest BCUT2D eigenvalue weighted by molar-refractivity contribution is -0.132. The molecular weight excluding hydrogens is 248 g/mol. The van der Waals surface area contributed by atoms with E-state index in [0.717, 1.165) is 0 Å². The molecule has 1 aromatic rings. The number of hydrogen-bond donors (Lipinski definition) is 0. The maximum Gasteiger partial charge on any atom is 0.402 e. The lowest BCUT2D eigenvalue weighted by Gasteiger charge is -2.28. The molecule has 1 nitrogen and oxygen atoms in total. The fraction of sp³-hybridized carbons (Fsp3) is 0.500. The minimum Gasteiger partial charge on any atom is -0.323 e. The first-order valence-electron chi connectivity index (χ1n) is 5.54. The molecule has 0 N–H and O–H groups in total. The van der Waals surface area contributed by atoms with Crippen LogP contribution in [0.25, 0.3) is 0 Å². The van der Waals surface area contributed by atoms with Crippen LogP contribution in [0, 0.1) is 0 Å². The van der Waals surface area contributed by atoms with Crippen molar-refractivity contribution in [2.75, 3.05) is 12.3 Å². The highest BCUT2D eigenvalue weighted by Gasteiger charge is 2.50. The molecule has 96 valence electrons. The summed E-state index contributed by atoms with van der Waals surface area (Å²) in [7, 11) is -3.26. The smallest absolute Gasteiger partial charge is 0.323 e. The van der Waals surface area contributed by atoms with Gasteiger partial charge in [-0.05, 0) is 17.9 Å². The van der Waals surface area contributed by atoms with Crippen LogP contribution in [0.2, 0.25) is 0 Å². The summed E-state index contributed by atoms with van der Waals surface area (Å²) in [5, 5.41) is 0. The van der Waals surface area contributed by atoms with Crippen LogP contribution >= 0.6 is 7.14 Å². The first kappa shape index (κ1) is 14.3. The van der Waals surface area contributed by atoms with E-state index in [2.05, 4.69) is 0 Å². The third-order valence-electron chi connectivity index (χ3n) is 2.97. The van der Waals surface area contributed by atoms with E-state index in [9.17, 15) is 17.7 Å². The highest BCUT2D eigenvalue weighted by molar-refractivity contribution is 7.64. The molecule has 0 aliphatic heterocycles. The maximum absolute atomic E-state index is 13.1. The first-order valence-corrected chi connectivity index (χ1v) is 7.69. The van der Waals surface area contributed by atoms with E-state index >= 15 is 0 Å². The standard InChI is InChI=1S/C12H16F3OP/c1-3-17(16,4-2)11(12(13,14)15)10-8-6-5-7-9-10/h5-9,11H,3-4H2,1-2H3. The predicted octanol–water partition coefficient (Wildman–Crippen LogP) is 4.69. The summed E-state index contributed by atoms with van der Waals surface area (Å²) >= 11 is 0. The Hall–Kier alpha value is -0.760. The summed E-state index contributed by atoms with van der Waals surface area (Å²) in [6, 6.07) is 7.54. The van der Waals surface area contributed by atoms with Gasteiger partial charge < -0.3 is 4.57 Å². The van der Waals surface area contributed by atoms with Crippen molar-refractivity contribution < 1.29 is 17.7 Å². The van der Waals surface area contributed by atoms with Crippen molar-refractivity contribution in [2.24, 2.45) is 0 Å². The van der Waals surface area contributed by atoms with Gasteiger partial charge in [0.25, 0.3) is 0 Å².